The van der Waals surface area contributed by atoms with Gasteiger partial charge < -0.3 is 0 Å². The minimum atomic E-state index is -0.271. The number of hydrogen-bond acceptors (Lipinski definition) is 4. The lowest BCUT2D eigenvalue weighted by Crippen LogP contribution is -2.09. The number of thiazole rings is 1. The average Bonchev–Trinajstić information content (AvgIpc) is 3.19. The molecule has 0 saturated heterocycles. The van der Waals surface area contributed by atoms with E-state index < -0.39 is 0 Å². The number of anilines is 1. The van der Waals surface area contributed by atoms with Crippen LogP contribution in [0.25, 0.3) is 11.3 Å². The van der Waals surface area contributed by atoms with Gasteiger partial charge in [-0.2, -0.15) is 0 Å². The molecule has 25 heavy (non-hydrogen) atoms. The second-order valence-corrected chi connectivity index (χ2v) is 8.49. The Morgan fingerprint density at radius 1 is 1.16 bits per heavy atom. The van der Waals surface area contributed by atoms with Crippen LogP contribution in [0.1, 0.15) is 37.8 Å². The van der Waals surface area contributed by atoms with E-state index in [4.69, 9.17) is 0 Å². The Bertz CT molecular complexity index is 904. The number of rotatable bonds is 3. The molecule has 6 heteroatoms. The fourth-order valence-corrected chi connectivity index (χ4v) is 5.07. The van der Waals surface area contributed by atoms with Gasteiger partial charge in [-0.25, -0.2) is 9.37 Å². The van der Waals surface area contributed by atoms with Crippen LogP contribution in [-0.2, 0) is 12.8 Å². The van der Waals surface area contributed by atoms with Gasteiger partial charge in [-0.05, 0) is 68.5 Å². The SMILES string of the molecule is Cc1sc(NC(=O)c2cc3c(s2)CCCC3)nc1-c1ccc(F)cc1. The fourth-order valence-electron chi connectivity index (χ4n) is 3.09. The molecule has 0 fully saturated rings. The first-order valence-corrected chi connectivity index (χ1v) is 9.90. The number of carbonyl (C=O) groups excluding carboxylic acids is 1. The molecule has 0 spiro atoms. The molecule has 0 radical (unpaired) electrons. The third kappa shape index (κ3) is 3.37. The fraction of sp³-hybridized carbons (Fsp3) is 0.263. The predicted octanol–water partition coefficient (Wildman–Crippen LogP) is 5.45. The minimum Gasteiger partial charge on any atom is -0.297 e. The maximum absolute atomic E-state index is 13.1. The molecule has 2 aromatic heterocycles. The number of nitrogens with one attached hydrogen (secondary N) is 1. The van der Waals surface area contributed by atoms with Gasteiger partial charge in [0.15, 0.2) is 5.13 Å². The number of fused-ring (bicyclic) bond motifs is 1. The molecule has 0 aliphatic heterocycles. The van der Waals surface area contributed by atoms with Crippen molar-refractivity contribution in [2.45, 2.75) is 32.6 Å². The van der Waals surface area contributed by atoms with E-state index in [1.165, 1.54) is 46.8 Å². The molecule has 0 unspecified atom stereocenters. The largest absolute Gasteiger partial charge is 0.297 e. The molecule has 0 atom stereocenters. The van der Waals surface area contributed by atoms with Gasteiger partial charge in [-0.1, -0.05) is 0 Å². The topological polar surface area (TPSA) is 42.0 Å². The molecule has 128 valence electrons. The van der Waals surface area contributed by atoms with Crippen molar-refractivity contribution in [3.05, 3.63) is 56.3 Å². The summed E-state index contributed by atoms with van der Waals surface area (Å²) in [4.78, 5) is 20.2. The lowest BCUT2D eigenvalue weighted by Gasteiger charge is -2.08. The first-order valence-electron chi connectivity index (χ1n) is 8.26. The maximum Gasteiger partial charge on any atom is 0.267 e. The van der Waals surface area contributed by atoms with Crippen LogP contribution in [-0.4, -0.2) is 10.9 Å². The van der Waals surface area contributed by atoms with E-state index in [9.17, 15) is 9.18 Å². The summed E-state index contributed by atoms with van der Waals surface area (Å²) < 4.78 is 13.1. The second kappa shape index (κ2) is 6.69. The number of amides is 1. The van der Waals surface area contributed by atoms with Crippen LogP contribution >= 0.6 is 22.7 Å². The second-order valence-electron chi connectivity index (χ2n) is 6.15. The molecule has 0 bridgehead atoms. The summed E-state index contributed by atoms with van der Waals surface area (Å²) in [6.45, 7) is 1.95. The normalized spacial score (nSPS) is 13.5. The summed E-state index contributed by atoms with van der Waals surface area (Å²) in [7, 11) is 0. The van der Waals surface area contributed by atoms with Crippen LogP contribution in [0.4, 0.5) is 9.52 Å². The number of aromatic nitrogens is 1. The molecule has 3 aromatic rings. The van der Waals surface area contributed by atoms with Gasteiger partial charge in [0.25, 0.3) is 5.91 Å². The van der Waals surface area contributed by atoms with Crippen LogP contribution in [0.3, 0.4) is 0 Å². The van der Waals surface area contributed by atoms with Gasteiger partial charge in [0.2, 0.25) is 0 Å². The zero-order valence-electron chi connectivity index (χ0n) is 13.8. The number of aryl methyl sites for hydroxylation is 3. The number of benzene rings is 1. The van der Waals surface area contributed by atoms with Crippen molar-refractivity contribution >= 4 is 33.7 Å². The highest BCUT2D eigenvalue weighted by Gasteiger charge is 2.19. The van der Waals surface area contributed by atoms with E-state index in [0.717, 1.165) is 33.9 Å². The van der Waals surface area contributed by atoms with Gasteiger partial charge in [-0.15, -0.1) is 22.7 Å². The van der Waals surface area contributed by atoms with Gasteiger partial charge >= 0.3 is 0 Å². The highest BCUT2D eigenvalue weighted by atomic mass is 32.1. The third-order valence-electron chi connectivity index (χ3n) is 4.36. The first kappa shape index (κ1) is 16.4. The lowest BCUT2D eigenvalue weighted by molar-refractivity contribution is 0.103. The Morgan fingerprint density at radius 2 is 1.92 bits per heavy atom. The summed E-state index contributed by atoms with van der Waals surface area (Å²) in [5.74, 6) is -0.370. The highest BCUT2D eigenvalue weighted by Crippen LogP contribution is 2.33. The number of thiophene rings is 1. The molecule has 1 N–H and O–H groups in total. The zero-order valence-corrected chi connectivity index (χ0v) is 15.4. The highest BCUT2D eigenvalue weighted by molar-refractivity contribution is 7.16. The average molecular weight is 372 g/mol. The third-order valence-corrected chi connectivity index (χ3v) is 6.48. The van der Waals surface area contributed by atoms with Gasteiger partial charge in [0.05, 0.1) is 10.6 Å². The Hall–Kier alpha value is -2.05. The maximum atomic E-state index is 13.1. The summed E-state index contributed by atoms with van der Waals surface area (Å²) in [6, 6.07) is 8.27. The van der Waals surface area contributed by atoms with Crippen LogP contribution in [0.5, 0.6) is 0 Å². The summed E-state index contributed by atoms with van der Waals surface area (Å²) in [5.41, 5.74) is 2.96. The van der Waals surface area contributed by atoms with Crippen LogP contribution in [0.2, 0.25) is 0 Å². The number of carbonyl (C=O) groups is 1. The quantitative estimate of drug-likeness (QED) is 0.664. The van der Waals surface area contributed by atoms with Crippen molar-refractivity contribution in [1.29, 1.82) is 0 Å². The molecule has 4 rings (SSSR count). The molecule has 2 heterocycles. The number of nitrogens with zero attached hydrogens (tertiary/aromatic N) is 1. The van der Waals surface area contributed by atoms with Gasteiger partial charge in [0.1, 0.15) is 5.82 Å². The lowest BCUT2D eigenvalue weighted by atomic mass is 9.99. The molecule has 1 aromatic carbocycles. The standard InChI is InChI=1S/C19H17FN2OS2/c1-11-17(12-6-8-14(20)9-7-12)21-19(24-11)22-18(23)16-10-13-4-2-3-5-15(13)25-16/h6-10H,2-5H2,1H3,(H,21,22,23). The van der Waals surface area contributed by atoms with Crippen molar-refractivity contribution in [2.75, 3.05) is 5.32 Å². The molecular weight excluding hydrogens is 355 g/mol. The van der Waals surface area contributed by atoms with Crippen molar-refractivity contribution in [3.8, 4) is 11.3 Å². The Morgan fingerprint density at radius 3 is 2.68 bits per heavy atom. The molecular formula is C19H17FN2OS2. The molecule has 1 amide bonds. The monoisotopic (exact) mass is 372 g/mol. The van der Waals surface area contributed by atoms with E-state index >= 15 is 0 Å². The van der Waals surface area contributed by atoms with Crippen molar-refractivity contribution in [2.24, 2.45) is 0 Å². The van der Waals surface area contributed by atoms with Crippen LogP contribution < -0.4 is 5.32 Å². The Labute approximate surface area is 153 Å². The molecule has 1 aliphatic rings. The van der Waals surface area contributed by atoms with E-state index in [1.54, 1.807) is 23.5 Å². The predicted molar refractivity (Wildman–Crippen MR) is 101 cm³/mol. The van der Waals surface area contributed by atoms with Gasteiger partial charge in [-0.3, -0.25) is 10.1 Å². The van der Waals surface area contributed by atoms with E-state index in [0.29, 0.717) is 5.13 Å². The van der Waals surface area contributed by atoms with Crippen molar-refractivity contribution < 1.29 is 9.18 Å². The Kier molecular flexibility index (Phi) is 4.39. The summed E-state index contributed by atoms with van der Waals surface area (Å²) >= 11 is 3.03. The zero-order chi connectivity index (χ0) is 17.4. The molecule has 0 saturated carbocycles. The van der Waals surface area contributed by atoms with Crippen LogP contribution in [0, 0.1) is 12.7 Å². The van der Waals surface area contributed by atoms with Crippen molar-refractivity contribution in [3.63, 3.8) is 0 Å². The minimum absolute atomic E-state index is 0.0983. The van der Waals surface area contributed by atoms with E-state index in [2.05, 4.69) is 10.3 Å². The smallest absolute Gasteiger partial charge is 0.267 e. The summed E-state index contributed by atoms with van der Waals surface area (Å²) in [6.07, 6.45) is 4.57. The first-order chi connectivity index (χ1) is 12.1. The number of halogens is 1. The Balaban J connectivity index is 1.55. The molecule has 3 nitrogen and oxygen atoms in total. The summed E-state index contributed by atoms with van der Waals surface area (Å²) in [5, 5.41) is 3.49. The van der Waals surface area contributed by atoms with Crippen LogP contribution in [0.15, 0.2) is 30.3 Å². The van der Waals surface area contributed by atoms with E-state index in [-0.39, 0.29) is 11.7 Å². The van der Waals surface area contributed by atoms with E-state index in [1.807, 2.05) is 13.0 Å². The molecule has 1 aliphatic carbocycles. The van der Waals surface area contributed by atoms with Gasteiger partial charge in [0, 0.05) is 15.3 Å². The number of hydrogen-bond donors (Lipinski definition) is 1. The van der Waals surface area contributed by atoms with Crippen molar-refractivity contribution in [1.82, 2.24) is 4.98 Å².